The quantitative estimate of drug-likeness (QED) is 0.751. The van der Waals surface area contributed by atoms with Gasteiger partial charge in [-0.3, -0.25) is 0 Å². The number of hydrogen-bond donors (Lipinski definition) is 1. The van der Waals surface area contributed by atoms with E-state index in [1.807, 2.05) is 25.1 Å². The minimum absolute atomic E-state index is 0.204. The molecule has 0 aromatic heterocycles. The van der Waals surface area contributed by atoms with Crippen LogP contribution >= 0.6 is 0 Å². The minimum Gasteiger partial charge on any atom is -0.393 e. The molecule has 0 unspecified atom stereocenters. The van der Waals surface area contributed by atoms with Crippen LogP contribution in [-0.4, -0.2) is 11.2 Å². The van der Waals surface area contributed by atoms with Crippen LogP contribution in [0.1, 0.15) is 25.8 Å². The number of aliphatic hydroxyl groups excluding tert-OH is 1. The lowest BCUT2D eigenvalue weighted by atomic mass is 9.93. The van der Waals surface area contributed by atoms with Crippen LogP contribution in [0.3, 0.4) is 0 Å². The summed E-state index contributed by atoms with van der Waals surface area (Å²) in [6.07, 6.45) is 1.81. The Morgan fingerprint density at radius 3 is 2.31 bits per heavy atom. The van der Waals surface area contributed by atoms with Gasteiger partial charge in [-0.05, 0) is 24.8 Å². The number of benzene rings is 1. The van der Waals surface area contributed by atoms with E-state index in [-0.39, 0.29) is 6.10 Å². The monoisotopic (exact) mass is 178 g/mol. The molecule has 0 aliphatic carbocycles. The zero-order valence-corrected chi connectivity index (χ0v) is 8.40. The molecule has 1 aromatic carbocycles. The molecule has 72 valence electrons. The summed E-state index contributed by atoms with van der Waals surface area (Å²) >= 11 is 0. The zero-order chi connectivity index (χ0) is 9.68. The molecule has 13 heavy (non-hydrogen) atoms. The van der Waals surface area contributed by atoms with E-state index in [2.05, 4.69) is 19.1 Å². The third-order valence-electron chi connectivity index (χ3n) is 2.55. The third-order valence-corrected chi connectivity index (χ3v) is 2.55. The largest absolute Gasteiger partial charge is 0.393 e. The van der Waals surface area contributed by atoms with Gasteiger partial charge in [0.2, 0.25) is 0 Å². The molecular weight excluding hydrogens is 160 g/mol. The standard InChI is InChI=1S/C12H18O/c1-3-12(10(2)13)9-11-7-5-4-6-8-11/h4-8,10,12-13H,3,9H2,1-2H3/t10-,12+/m1/s1. The Balaban J connectivity index is 2.57. The molecule has 1 rings (SSSR count). The molecule has 0 aliphatic heterocycles. The number of hydrogen-bond acceptors (Lipinski definition) is 1. The van der Waals surface area contributed by atoms with Gasteiger partial charge in [-0.2, -0.15) is 0 Å². The highest BCUT2D eigenvalue weighted by Gasteiger charge is 2.12. The first-order valence-electron chi connectivity index (χ1n) is 4.96. The van der Waals surface area contributed by atoms with E-state index in [0.717, 1.165) is 12.8 Å². The molecule has 0 aliphatic rings. The second-order valence-electron chi connectivity index (χ2n) is 3.60. The summed E-state index contributed by atoms with van der Waals surface area (Å²) in [5.74, 6) is 0.391. The lowest BCUT2D eigenvalue weighted by molar-refractivity contribution is 0.123. The fraction of sp³-hybridized carbons (Fsp3) is 0.500. The molecule has 2 atom stereocenters. The van der Waals surface area contributed by atoms with Crippen LogP contribution in [0.15, 0.2) is 30.3 Å². The van der Waals surface area contributed by atoms with Crippen LogP contribution in [0.2, 0.25) is 0 Å². The Morgan fingerprint density at radius 1 is 1.23 bits per heavy atom. The summed E-state index contributed by atoms with van der Waals surface area (Å²) in [6, 6.07) is 10.3. The third kappa shape index (κ3) is 3.19. The molecule has 0 radical (unpaired) electrons. The van der Waals surface area contributed by atoms with Gasteiger partial charge in [-0.15, -0.1) is 0 Å². The maximum absolute atomic E-state index is 9.47. The Bertz CT molecular complexity index is 228. The van der Waals surface area contributed by atoms with Gasteiger partial charge in [-0.25, -0.2) is 0 Å². The van der Waals surface area contributed by atoms with Crippen molar-refractivity contribution in [2.45, 2.75) is 32.8 Å². The Labute approximate surface area is 80.4 Å². The van der Waals surface area contributed by atoms with Crippen molar-refractivity contribution < 1.29 is 5.11 Å². The fourth-order valence-electron chi connectivity index (χ4n) is 1.57. The van der Waals surface area contributed by atoms with Gasteiger partial charge in [0.1, 0.15) is 0 Å². The summed E-state index contributed by atoms with van der Waals surface area (Å²) in [5, 5.41) is 9.47. The molecule has 1 heteroatoms. The highest BCUT2D eigenvalue weighted by atomic mass is 16.3. The van der Waals surface area contributed by atoms with E-state index < -0.39 is 0 Å². The Hall–Kier alpha value is -0.820. The lowest BCUT2D eigenvalue weighted by Crippen LogP contribution is -2.18. The molecule has 0 amide bonds. The maximum atomic E-state index is 9.47. The SMILES string of the molecule is CC[C@@H](Cc1ccccc1)[C@@H](C)O. The Morgan fingerprint density at radius 2 is 1.85 bits per heavy atom. The molecule has 0 heterocycles. The van der Waals surface area contributed by atoms with Gasteiger partial charge in [0.05, 0.1) is 6.10 Å². The van der Waals surface area contributed by atoms with Gasteiger partial charge in [0.25, 0.3) is 0 Å². The molecule has 0 saturated heterocycles. The highest BCUT2D eigenvalue weighted by Crippen LogP contribution is 2.15. The smallest absolute Gasteiger partial charge is 0.0543 e. The zero-order valence-electron chi connectivity index (χ0n) is 8.40. The van der Waals surface area contributed by atoms with E-state index in [1.54, 1.807) is 0 Å². The van der Waals surface area contributed by atoms with E-state index >= 15 is 0 Å². The van der Waals surface area contributed by atoms with Gasteiger partial charge in [0.15, 0.2) is 0 Å². The summed E-state index contributed by atoms with van der Waals surface area (Å²) in [5.41, 5.74) is 1.32. The topological polar surface area (TPSA) is 20.2 Å². The molecule has 1 nitrogen and oxygen atoms in total. The summed E-state index contributed by atoms with van der Waals surface area (Å²) in [4.78, 5) is 0. The van der Waals surface area contributed by atoms with E-state index in [9.17, 15) is 5.11 Å². The molecular formula is C12H18O. The number of rotatable bonds is 4. The molecule has 1 aromatic rings. The molecule has 0 fully saturated rings. The van der Waals surface area contributed by atoms with Crippen molar-refractivity contribution in [3.8, 4) is 0 Å². The second-order valence-corrected chi connectivity index (χ2v) is 3.60. The first kappa shape index (κ1) is 10.3. The van der Waals surface area contributed by atoms with E-state index in [4.69, 9.17) is 0 Å². The first-order chi connectivity index (χ1) is 6.24. The van der Waals surface area contributed by atoms with Crippen molar-refractivity contribution in [1.29, 1.82) is 0 Å². The second kappa shape index (κ2) is 5.03. The van der Waals surface area contributed by atoms with Gasteiger partial charge < -0.3 is 5.11 Å². The van der Waals surface area contributed by atoms with Crippen molar-refractivity contribution in [2.24, 2.45) is 5.92 Å². The fourth-order valence-corrected chi connectivity index (χ4v) is 1.57. The van der Waals surface area contributed by atoms with Gasteiger partial charge >= 0.3 is 0 Å². The summed E-state index contributed by atoms with van der Waals surface area (Å²) in [7, 11) is 0. The van der Waals surface area contributed by atoms with Crippen LogP contribution < -0.4 is 0 Å². The van der Waals surface area contributed by atoms with Crippen molar-refractivity contribution in [3.63, 3.8) is 0 Å². The first-order valence-corrected chi connectivity index (χ1v) is 4.96. The van der Waals surface area contributed by atoms with Crippen LogP contribution in [0.5, 0.6) is 0 Å². The van der Waals surface area contributed by atoms with Crippen molar-refractivity contribution >= 4 is 0 Å². The van der Waals surface area contributed by atoms with Crippen molar-refractivity contribution in [1.82, 2.24) is 0 Å². The summed E-state index contributed by atoms with van der Waals surface area (Å²) in [6.45, 7) is 4.00. The highest BCUT2D eigenvalue weighted by molar-refractivity contribution is 5.15. The van der Waals surface area contributed by atoms with Crippen LogP contribution in [-0.2, 0) is 6.42 Å². The van der Waals surface area contributed by atoms with Crippen molar-refractivity contribution in [2.75, 3.05) is 0 Å². The average Bonchev–Trinajstić information content (AvgIpc) is 2.15. The summed E-state index contributed by atoms with van der Waals surface area (Å²) < 4.78 is 0. The lowest BCUT2D eigenvalue weighted by Gasteiger charge is -2.17. The predicted octanol–water partition coefficient (Wildman–Crippen LogP) is 2.64. The minimum atomic E-state index is -0.204. The van der Waals surface area contributed by atoms with E-state index in [0.29, 0.717) is 5.92 Å². The Kier molecular flexibility index (Phi) is 3.97. The van der Waals surface area contributed by atoms with Gasteiger partial charge in [-0.1, -0.05) is 43.7 Å². The maximum Gasteiger partial charge on any atom is 0.0543 e. The molecule has 1 N–H and O–H groups in total. The number of aliphatic hydroxyl groups is 1. The molecule has 0 spiro atoms. The van der Waals surface area contributed by atoms with E-state index in [1.165, 1.54) is 5.56 Å². The molecule has 0 bridgehead atoms. The van der Waals surface area contributed by atoms with Crippen molar-refractivity contribution in [3.05, 3.63) is 35.9 Å². The molecule has 0 saturated carbocycles. The van der Waals surface area contributed by atoms with Gasteiger partial charge in [0, 0.05) is 0 Å². The normalized spacial score (nSPS) is 15.3. The average molecular weight is 178 g/mol. The van der Waals surface area contributed by atoms with Crippen LogP contribution in [0.25, 0.3) is 0 Å². The predicted molar refractivity (Wildman–Crippen MR) is 55.6 cm³/mol. The van der Waals surface area contributed by atoms with Crippen LogP contribution in [0.4, 0.5) is 0 Å². The van der Waals surface area contributed by atoms with Crippen LogP contribution in [0, 0.1) is 5.92 Å².